The quantitative estimate of drug-likeness (QED) is 0.361. The monoisotopic (exact) mass is 104 g/mol. The normalized spacial score (nSPS) is 4.50. The maximum Gasteiger partial charge on any atom is 0.762 e. The van der Waals surface area contributed by atoms with E-state index in [2.05, 4.69) is 0 Å². The molecule has 0 aliphatic rings. The van der Waals surface area contributed by atoms with E-state index >= 15 is 0 Å². The minimum Gasteiger partial charge on any atom is -0.254 e. The molecule has 0 nitrogen and oxygen atoms in total. The van der Waals surface area contributed by atoms with E-state index in [1.54, 1.807) is 0 Å². The van der Waals surface area contributed by atoms with Crippen LogP contribution in [0.3, 0.4) is 0 Å². The van der Waals surface area contributed by atoms with Gasteiger partial charge in [-0.05, 0) is 11.0 Å². The molecule has 0 aliphatic heterocycles. The van der Waals surface area contributed by atoms with Crippen molar-refractivity contribution in [3.8, 4) is 0 Å². The summed E-state index contributed by atoms with van der Waals surface area (Å²) in [5.74, 6) is 0. The van der Waals surface area contributed by atoms with Gasteiger partial charge in [-0.25, -0.2) is 0 Å². The van der Waals surface area contributed by atoms with Gasteiger partial charge in [0, 0.05) is 6.15 Å². The molecule has 0 atom stereocenters. The predicted octanol–water partition coefficient (Wildman–Crippen LogP) is -0.572. The summed E-state index contributed by atoms with van der Waals surface area (Å²) in [7, 11) is -3.67. The molecule has 0 bridgehead atoms. The Morgan fingerprint density at radius 1 is 1.00 bits per heavy atom. The van der Waals surface area contributed by atoms with Gasteiger partial charge in [0.1, 0.15) is 0 Å². The Kier molecular flexibility index (Phi) is 24.7. The first-order chi connectivity index (χ1) is 1.73. The minimum atomic E-state index is -3.67. The van der Waals surface area contributed by atoms with Crippen molar-refractivity contribution < 1.29 is 19.1 Å². The van der Waals surface area contributed by atoms with E-state index in [1.807, 2.05) is 0 Å². The Bertz CT molecular complexity index is 15.5. The van der Waals surface area contributed by atoms with Crippen LogP contribution in [-0.4, -0.2) is 18.5 Å². The largest absolute Gasteiger partial charge is 0.762 e. The molecule has 0 aliphatic carbocycles. The van der Waals surface area contributed by atoms with Gasteiger partial charge in [0.05, 0.1) is 0 Å². The Labute approximate surface area is 38.8 Å². The van der Waals surface area contributed by atoms with E-state index in [1.165, 1.54) is 0 Å². The Morgan fingerprint density at radius 2 is 1.00 bits per heavy atom. The third kappa shape index (κ3) is 97100. The van der Waals surface area contributed by atoms with Gasteiger partial charge in [-0.1, -0.05) is 0 Å². The van der Waals surface area contributed by atoms with E-state index in [-0.39, 0.29) is 17.1 Å². The molecule has 0 N–H and O–H groups in total. The predicted molar refractivity (Wildman–Crippen MR) is 20.4 cm³/mol. The van der Waals surface area contributed by atoms with E-state index < -0.39 is 7.54 Å². The van der Waals surface area contributed by atoms with Crippen molar-refractivity contribution in [1.82, 2.24) is 0 Å². The van der Waals surface area contributed by atoms with Gasteiger partial charge in [-0.2, -0.15) is 0 Å². The number of rotatable bonds is 0. The topological polar surface area (TPSA) is 0 Å². The van der Waals surface area contributed by atoms with Crippen LogP contribution in [0.5, 0.6) is 0 Å². The fraction of sp³-hybridized carbons (Fsp3) is 0. The van der Waals surface area contributed by atoms with Crippen LogP contribution in [0.25, 0.3) is 0 Å². The van der Waals surface area contributed by atoms with Gasteiger partial charge in [0.25, 0.3) is 0 Å². The fourth-order valence-corrected chi connectivity index (χ4v) is 0. The zero-order chi connectivity index (χ0) is 3.58. The van der Waals surface area contributed by atoms with Crippen LogP contribution in [0.2, 0.25) is 0 Å². The smallest absolute Gasteiger partial charge is 0.254 e. The van der Waals surface area contributed by atoms with Crippen LogP contribution < -0.4 is 0 Å². The molecule has 34 valence electrons. The molecule has 0 heterocycles. The molecule has 0 saturated carbocycles. The van der Waals surface area contributed by atoms with Crippen LogP contribution in [0.1, 0.15) is 0 Å². The molecule has 0 fully saturated rings. The third-order valence-corrected chi connectivity index (χ3v) is 0. The van der Waals surface area contributed by atoms with Crippen LogP contribution in [0.4, 0.5) is 12.9 Å². The summed E-state index contributed by atoms with van der Waals surface area (Å²) >= 11 is 0. The van der Waals surface area contributed by atoms with Crippen molar-refractivity contribution in [1.29, 1.82) is 0 Å². The van der Waals surface area contributed by atoms with Crippen molar-refractivity contribution >= 4 is 18.5 Å². The van der Waals surface area contributed by atoms with Gasteiger partial charge in [-0.3, -0.25) is 12.9 Å². The summed E-state index contributed by atoms with van der Waals surface area (Å²) in [6, 6.07) is 0. The molecule has 0 aromatic heterocycles. The van der Waals surface area contributed by atoms with Gasteiger partial charge < -0.3 is 0 Å². The second-order valence-corrected chi connectivity index (χ2v) is 0.247. The van der Waals surface area contributed by atoms with Crippen LogP contribution in [0, 0.1) is 6.15 Å². The molecular weight excluding hydrogens is 99.9 g/mol. The van der Waals surface area contributed by atoms with Gasteiger partial charge in [0.15, 0.2) is 0 Å². The van der Waals surface area contributed by atoms with Gasteiger partial charge >= 0.3 is 7.54 Å². The van der Waals surface area contributed by atoms with E-state index in [4.69, 9.17) is 0 Å². The van der Waals surface area contributed by atoms with Gasteiger partial charge in [-0.15, -0.1) is 0 Å². The van der Waals surface area contributed by atoms with E-state index in [9.17, 15) is 12.9 Å². The summed E-state index contributed by atoms with van der Waals surface area (Å²) in [6.07, 6.45) is 0. The van der Waals surface area contributed by atoms with Crippen molar-refractivity contribution in [2.75, 3.05) is 0 Å². The number of hydrogen-bond acceptors (Lipinski definition) is 0. The maximum atomic E-state index is 9.67. The summed E-state index contributed by atoms with van der Waals surface area (Å²) in [5.41, 5.74) is 0. The molecule has 6 heteroatoms. The number of halogens is 3. The Balaban J connectivity index is -0.0000000450. The first-order valence-electron chi connectivity index (χ1n) is 0.655. The van der Waals surface area contributed by atoms with Crippen molar-refractivity contribution in [2.45, 2.75) is 0 Å². The average Bonchev–Trinajstić information content (AvgIpc) is 0.811. The molecule has 0 aromatic rings. The second-order valence-electron chi connectivity index (χ2n) is 0.247. The average molecular weight is 104 g/mol. The summed E-state index contributed by atoms with van der Waals surface area (Å²) in [4.78, 5) is 0. The second kappa shape index (κ2) is 8.88. The number of hydrogen-bond donors (Lipinski definition) is 0. The molecule has 0 amide bonds. The summed E-state index contributed by atoms with van der Waals surface area (Å²) in [6.45, 7) is 0. The summed E-state index contributed by atoms with van der Waals surface area (Å²) < 4.78 is 29.0. The molecule has 0 spiro atoms. The molecule has 0 aromatic carbocycles. The molecular formula is H4BF3HeSi. The minimum absolute atomic E-state index is 0. The Hall–Kier alpha value is -0.0191. The third-order valence-electron chi connectivity index (χ3n) is 0. The van der Waals surface area contributed by atoms with Crippen molar-refractivity contribution in [2.24, 2.45) is 0 Å². The van der Waals surface area contributed by atoms with Gasteiger partial charge in [0.2, 0.25) is 0 Å². The first kappa shape index (κ1) is 16.7. The van der Waals surface area contributed by atoms with Crippen LogP contribution in [-0.2, 0) is 0 Å². The van der Waals surface area contributed by atoms with E-state index in [0.29, 0.717) is 0 Å². The maximum absolute atomic E-state index is 9.67. The zero-order valence-electron chi connectivity index (χ0n) is 2.42. The van der Waals surface area contributed by atoms with Crippen molar-refractivity contribution in [3.63, 3.8) is 0 Å². The SMILES string of the molecule is FB(F)F.[He].[SiH4]. The standard InChI is InChI=1S/BF3.He.H4Si/c2-1(3)4;;/h;;1H4. The fourth-order valence-electron chi connectivity index (χ4n) is 0. The summed E-state index contributed by atoms with van der Waals surface area (Å²) in [5, 5.41) is 0. The molecule has 0 unspecified atom stereocenters. The Morgan fingerprint density at radius 3 is 1.00 bits per heavy atom. The molecule has 0 radical (unpaired) electrons. The van der Waals surface area contributed by atoms with Crippen LogP contribution in [0.15, 0.2) is 0 Å². The molecule has 0 rings (SSSR count). The molecule has 0 saturated heterocycles. The molecule has 6 heavy (non-hydrogen) atoms. The first-order valence-corrected chi connectivity index (χ1v) is 0.655. The van der Waals surface area contributed by atoms with Crippen LogP contribution >= 0.6 is 0 Å². The zero-order valence-corrected chi connectivity index (χ0v) is 2.42. The van der Waals surface area contributed by atoms with E-state index in [0.717, 1.165) is 0 Å². The van der Waals surface area contributed by atoms with Crippen molar-refractivity contribution in [3.05, 3.63) is 0 Å².